The van der Waals surface area contributed by atoms with Gasteiger partial charge in [0.15, 0.2) is 0 Å². The van der Waals surface area contributed by atoms with Crippen molar-refractivity contribution in [2.24, 2.45) is 17.8 Å². The molecule has 4 heteroatoms. The number of carbonyl (C=O) groups is 1. The van der Waals surface area contributed by atoms with Crippen LogP contribution >= 0.6 is 12.4 Å². The highest BCUT2D eigenvalue weighted by atomic mass is 35.5. The Hall–Kier alpha value is -0.280. The Balaban J connectivity index is 0.00000200. The van der Waals surface area contributed by atoms with E-state index in [0.717, 1.165) is 18.4 Å². The standard InChI is InChI=1S/C16H30N2O.ClH/c1-12(15-6-4-3-5-7-15)13(2)18-16(19)11-17-10-14-8-9-14;/h12-15,17H,3-11H2,1-2H3,(H,18,19);1H. The molecule has 3 nitrogen and oxygen atoms in total. The molecular formula is C16H31ClN2O. The van der Waals surface area contributed by atoms with Crippen molar-refractivity contribution in [2.45, 2.75) is 64.8 Å². The number of rotatable bonds is 7. The summed E-state index contributed by atoms with van der Waals surface area (Å²) in [6, 6.07) is 0.304. The number of amides is 1. The van der Waals surface area contributed by atoms with Crippen molar-refractivity contribution >= 4 is 18.3 Å². The molecule has 0 spiro atoms. The molecule has 0 aliphatic heterocycles. The molecule has 2 rings (SSSR count). The molecule has 0 aromatic carbocycles. The lowest BCUT2D eigenvalue weighted by atomic mass is 9.78. The van der Waals surface area contributed by atoms with Crippen LogP contribution in [0, 0.1) is 17.8 Å². The fourth-order valence-corrected chi connectivity index (χ4v) is 3.22. The summed E-state index contributed by atoms with van der Waals surface area (Å²) in [5.74, 6) is 2.42. The number of hydrogen-bond acceptors (Lipinski definition) is 2. The molecule has 0 aromatic rings. The summed E-state index contributed by atoms with van der Waals surface area (Å²) in [6.45, 7) is 5.97. The van der Waals surface area contributed by atoms with E-state index in [1.165, 1.54) is 44.9 Å². The van der Waals surface area contributed by atoms with Gasteiger partial charge in [0, 0.05) is 6.04 Å². The maximum absolute atomic E-state index is 11.9. The summed E-state index contributed by atoms with van der Waals surface area (Å²) in [5.41, 5.74) is 0. The van der Waals surface area contributed by atoms with E-state index in [-0.39, 0.29) is 18.3 Å². The van der Waals surface area contributed by atoms with Crippen molar-refractivity contribution in [1.29, 1.82) is 0 Å². The Morgan fingerprint density at radius 3 is 2.35 bits per heavy atom. The molecule has 0 aromatic heterocycles. The molecule has 2 N–H and O–H groups in total. The first kappa shape index (κ1) is 17.8. The Labute approximate surface area is 130 Å². The van der Waals surface area contributed by atoms with Crippen LogP contribution in [0.5, 0.6) is 0 Å². The number of nitrogens with one attached hydrogen (secondary N) is 2. The van der Waals surface area contributed by atoms with Crippen LogP contribution in [0.2, 0.25) is 0 Å². The molecule has 2 unspecified atom stereocenters. The fraction of sp³-hybridized carbons (Fsp3) is 0.938. The first-order chi connectivity index (χ1) is 9.16. The summed E-state index contributed by atoms with van der Waals surface area (Å²) in [4.78, 5) is 11.9. The van der Waals surface area contributed by atoms with Gasteiger partial charge in [-0.2, -0.15) is 0 Å². The Kier molecular flexibility index (Phi) is 7.90. The van der Waals surface area contributed by atoms with Crippen LogP contribution in [0.3, 0.4) is 0 Å². The van der Waals surface area contributed by atoms with Crippen molar-refractivity contribution < 1.29 is 4.79 Å². The van der Waals surface area contributed by atoms with E-state index in [2.05, 4.69) is 24.5 Å². The molecule has 20 heavy (non-hydrogen) atoms. The first-order valence-corrected chi connectivity index (χ1v) is 8.17. The maximum atomic E-state index is 11.9. The second kappa shape index (κ2) is 8.89. The third kappa shape index (κ3) is 6.01. The van der Waals surface area contributed by atoms with E-state index in [4.69, 9.17) is 0 Å². The van der Waals surface area contributed by atoms with Gasteiger partial charge in [-0.1, -0.05) is 39.0 Å². The van der Waals surface area contributed by atoms with Crippen LogP contribution in [0.15, 0.2) is 0 Å². The van der Waals surface area contributed by atoms with Crippen LogP contribution in [0.25, 0.3) is 0 Å². The molecule has 2 aliphatic carbocycles. The normalized spacial score (nSPS) is 22.7. The zero-order valence-corrected chi connectivity index (χ0v) is 13.8. The van der Waals surface area contributed by atoms with Crippen molar-refractivity contribution in [3.63, 3.8) is 0 Å². The van der Waals surface area contributed by atoms with Crippen LogP contribution in [-0.4, -0.2) is 25.0 Å². The highest BCUT2D eigenvalue weighted by molar-refractivity contribution is 5.85. The quantitative estimate of drug-likeness (QED) is 0.758. The molecule has 2 aliphatic rings. The number of hydrogen-bond donors (Lipinski definition) is 2. The van der Waals surface area contributed by atoms with E-state index in [1.54, 1.807) is 0 Å². The maximum Gasteiger partial charge on any atom is 0.234 e. The van der Waals surface area contributed by atoms with Gasteiger partial charge in [-0.25, -0.2) is 0 Å². The van der Waals surface area contributed by atoms with Crippen LogP contribution in [0.4, 0.5) is 0 Å². The smallest absolute Gasteiger partial charge is 0.234 e. The molecular weight excluding hydrogens is 272 g/mol. The Bertz CT molecular complexity index is 288. The zero-order valence-electron chi connectivity index (χ0n) is 13.0. The minimum atomic E-state index is 0. The lowest BCUT2D eigenvalue weighted by Gasteiger charge is -2.32. The van der Waals surface area contributed by atoms with Gasteiger partial charge in [0.2, 0.25) is 5.91 Å². The molecule has 1 amide bonds. The summed E-state index contributed by atoms with van der Waals surface area (Å²) in [7, 11) is 0. The minimum absolute atomic E-state index is 0. The van der Waals surface area contributed by atoms with Crippen molar-refractivity contribution in [3.8, 4) is 0 Å². The molecule has 0 bridgehead atoms. The van der Waals surface area contributed by atoms with Crippen molar-refractivity contribution in [3.05, 3.63) is 0 Å². The van der Waals surface area contributed by atoms with Crippen molar-refractivity contribution in [1.82, 2.24) is 10.6 Å². The third-order valence-corrected chi connectivity index (χ3v) is 4.99. The molecule has 0 heterocycles. The highest BCUT2D eigenvalue weighted by Crippen LogP contribution is 2.31. The Morgan fingerprint density at radius 2 is 1.75 bits per heavy atom. The van der Waals surface area contributed by atoms with Gasteiger partial charge < -0.3 is 10.6 Å². The van der Waals surface area contributed by atoms with E-state index in [1.807, 2.05) is 0 Å². The minimum Gasteiger partial charge on any atom is -0.352 e. The van der Waals surface area contributed by atoms with Crippen LogP contribution in [0.1, 0.15) is 58.8 Å². The summed E-state index contributed by atoms with van der Waals surface area (Å²) in [6.07, 6.45) is 9.52. The van der Waals surface area contributed by atoms with E-state index < -0.39 is 0 Å². The number of carbonyl (C=O) groups excluding carboxylic acids is 1. The van der Waals surface area contributed by atoms with Gasteiger partial charge in [-0.3, -0.25) is 4.79 Å². The largest absolute Gasteiger partial charge is 0.352 e. The van der Waals surface area contributed by atoms with Gasteiger partial charge in [-0.15, -0.1) is 12.4 Å². The summed E-state index contributed by atoms with van der Waals surface area (Å²) >= 11 is 0. The van der Waals surface area contributed by atoms with Gasteiger partial charge in [-0.05, 0) is 44.1 Å². The van der Waals surface area contributed by atoms with Crippen LogP contribution in [-0.2, 0) is 4.79 Å². The second-order valence-corrected chi connectivity index (χ2v) is 6.69. The molecule has 118 valence electrons. The SMILES string of the molecule is CC(NC(=O)CNCC1CC1)C(C)C1CCCCC1.Cl. The monoisotopic (exact) mass is 302 g/mol. The van der Waals surface area contributed by atoms with Gasteiger partial charge in [0.1, 0.15) is 0 Å². The molecule has 2 atom stereocenters. The third-order valence-electron chi connectivity index (χ3n) is 4.99. The molecule has 0 radical (unpaired) electrons. The first-order valence-electron chi connectivity index (χ1n) is 8.17. The topological polar surface area (TPSA) is 41.1 Å². The zero-order chi connectivity index (χ0) is 13.7. The molecule has 2 fully saturated rings. The van der Waals surface area contributed by atoms with Crippen LogP contribution < -0.4 is 10.6 Å². The van der Waals surface area contributed by atoms with Gasteiger partial charge >= 0.3 is 0 Å². The predicted molar refractivity (Wildman–Crippen MR) is 86.2 cm³/mol. The van der Waals surface area contributed by atoms with E-state index in [0.29, 0.717) is 18.5 Å². The fourth-order valence-electron chi connectivity index (χ4n) is 3.22. The lowest BCUT2D eigenvalue weighted by molar-refractivity contribution is -0.121. The average Bonchev–Trinajstić information content (AvgIpc) is 3.23. The second-order valence-electron chi connectivity index (χ2n) is 6.69. The van der Waals surface area contributed by atoms with E-state index in [9.17, 15) is 4.79 Å². The summed E-state index contributed by atoms with van der Waals surface area (Å²) in [5, 5.41) is 6.43. The summed E-state index contributed by atoms with van der Waals surface area (Å²) < 4.78 is 0. The predicted octanol–water partition coefficient (Wildman–Crippen LogP) is 3.13. The molecule has 2 saturated carbocycles. The number of halogens is 1. The van der Waals surface area contributed by atoms with E-state index >= 15 is 0 Å². The lowest BCUT2D eigenvalue weighted by Crippen LogP contribution is -2.44. The van der Waals surface area contributed by atoms with Crippen molar-refractivity contribution in [2.75, 3.05) is 13.1 Å². The van der Waals surface area contributed by atoms with Gasteiger partial charge in [0.05, 0.1) is 6.54 Å². The average molecular weight is 303 g/mol. The highest BCUT2D eigenvalue weighted by Gasteiger charge is 2.25. The Morgan fingerprint density at radius 1 is 1.10 bits per heavy atom. The molecule has 0 saturated heterocycles. The van der Waals surface area contributed by atoms with Gasteiger partial charge in [0.25, 0.3) is 0 Å².